The Morgan fingerprint density at radius 1 is 1.52 bits per heavy atom. The topological polar surface area (TPSA) is 96.8 Å². The summed E-state index contributed by atoms with van der Waals surface area (Å²) in [7, 11) is -3.71. The van der Waals surface area contributed by atoms with Gasteiger partial charge < -0.3 is 9.84 Å². The van der Waals surface area contributed by atoms with Gasteiger partial charge in [-0.25, -0.2) is 18.2 Å². The predicted molar refractivity (Wildman–Crippen MR) is 74.6 cm³/mol. The van der Waals surface area contributed by atoms with E-state index in [1.807, 2.05) is 6.92 Å². The molecule has 1 saturated heterocycles. The third-order valence-corrected chi connectivity index (χ3v) is 5.11. The van der Waals surface area contributed by atoms with Gasteiger partial charge in [0.1, 0.15) is 0 Å². The van der Waals surface area contributed by atoms with Crippen molar-refractivity contribution in [3.05, 3.63) is 23.9 Å². The van der Waals surface area contributed by atoms with Gasteiger partial charge in [-0.2, -0.15) is 4.31 Å². The first-order chi connectivity index (χ1) is 9.95. The molecule has 1 N–H and O–H groups in total. The molecule has 21 heavy (non-hydrogen) atoms. The molecule has 0 bridgehead atoms. The van der Waals surface area contributed by atoms with Crippen LogP contribution in [0.5, 0.6) is 0 Å². The van der Waals surface area contributed by atoms with Gasteiger partial charge in [-0.05, 0) is 31.9 Å². The predicted octanol–water partition coefficient (Wildman–Crippen LogP) is 0.969. The molecular weight excluding hydrogens is 296 g/mol. The second kappa shape index (κ2) is 6.50. The Bertz CT molecular complexity index is 597. The highest BCUT2D eigenvalue weighted by Gasteiger charge is 2.31. The normalized spacial score (nSPS) is 20.3. The number of pyridine rings is 1. The van der Waals surface area contributed by atoms with E-state index < -0.39 is 16.0 Å². The maximum atomic E-state index is 12.5. The van der Waals surface area contributed by atoms with E-state index in [0.717, 1.165) is 19.0 Å². The summed E-state index contributed by atoms with van der Waals surface area (Å²) in [5.74, 6) is -1.14. The van der Waals surface area contributed by atoms with Crippen molar-refractivity contribution in [1.82, 2.24) is 9.29 Å². The fraction of sp³-hybridized carbons (Fsp3) is 0.538. The Morgan fingerprint density at radius 2 is 2.29 bits per heavy atom. The second-order valence-corrected chi connectivity index (χ2v) is 6.66. The number of carbonyl (C=O) groups is 1. The maximum absolute atomic E-state index is 12.5. The fourth-order valence-corrected chi connectivity index (χ4v) is 3.71. The summed E-state index contributed by atoms with van der Waals surface area (Å²) in [6.07, 6.45) is 2.53. The number of nitrogens with zero attached hydrogens (tertiary/aromatic N) is 2. The molecule has 0 amide bonds. The van der Waals surface area contributed by atoms with Crippen molar-refractivity contribution >= 4 is 16.0 Å². The summed E-state index contributed by atoms with van der Waals surface area (Å²) in [5.41, 5.74) is -0.0419. The van der Waals surface area contributed by atoms with Crippen molar-refractivity contribution in [3.63, 3.8) is 0 Å². The summed E-state index contributed by atoms with van der Waals surface area (Å²) < 4.78 is 31.8. The van der Waals surface area contributed by atoms with Gasteiger partial charge in [0.05, 0.1) is 11.7 Å². The molecule has 1 aliphatic rings. The van der Waals surface area contributed by atoms with E-state index in [9.17, 15) is 13.2 Å². The molecule has 1 atom stereocenters. The highest BCUT2D eigenvalue weighted by atomic mass is 32.2. The third-order valence-electron chi connectivity index (χ3n) is 3.33. The number of hydrogen-bond donors (Lipinski definition) is 1. The van der Waals surface area contributed by atoms with Crippen LogP contribution < -0.4 is 0 Å². The van der Waals surface area contributed by atoms with Crippen molar-refractivity contribution in [2.75, 3.05) is 19.7 Å². The molecule has 116 valence electrons. The number of aromatic carboxylic acids is 1. The molecule has 8 heteroatoms. The summed E-state index contributed by atoms with van der Waals surface area (Å²) in [6, 6.07) is 2.47. The minimum atomic E-state index is -3.71. The van der Waals surface area contributed by atoms with Crippen molar-refractivity contribution in [3.8, 4) is 0 Å². The zero-order valence-electron chi connectivity index (χ0n) is 11.7. The molecule has 0 radical (unpaired) electrons. The van der Waals surface area contributed by atoms with Gasteiger partial charge in [-0.15, -0.1) is 0 Å². The Hall–Kier alpha value is -1.51. The molecule has 1 aromatic rings. The Balaban J connectivity index is 2.18. The van der Waals surface area contributed by atoms with Crippen LogP contribution in [0.25, 0.3) is 0 Å². The maximum Gasteiger partial charge on any atom is 0.337 e. The lowest BCUT2D eigenvalue weighted by atomic mass is 10.1. The molecule has 0 saturated carbocycles. The van der Waals surface area contributed by atoms with Gasteiger partial charge in [0.25, 0.3) is 10.0 Å². The number of rotatable bonds is 5. The number of sulfonamides is 1. The summed E-state index contributed by atoms with van der Waals surface area (Å²) in [4.78, 5) is 14.5. The average molecular weight is 314 g/mol. The summed E-state index contributed by atoms with van der Waals surface area (Å²) in [6.45, 7) is 3.15. The number of ether oxygens (including phenoxy) is 1. The van der Waals surface area contributed by atoms with Crippen LogP contribution in [0.2, 0.25) is 0 Å². The van der Waals surface area contributed by atoms with Crippen LogP contribution in [0, 0.1) is 0 Å². The van der Waals surface area contributed by atoms with Gasteiger partial charge in [-0.1, -0.05) is 0 Å². The van der Waals surface area contributed by atoms with E-state index in [2.05, 4.69) is 4.98 Å². The lowest BCUT2D eigenvalue weighted by Crippen LogP contribution is -2.43. The quantitative estimate of drug-likeness (QED) is 0.870. The molecule has 2 heterocycles. The van der Waals surface area contributed by atoms with Gasteiger partial charge in [-0.3, -0.25) is 0 Å². The van der Waals surface area contributed by atoms with Crippen LogP contribution in [0.3, 0.4) is 0 Å². The van der Waals surface area contributed by atoms with Gasteiger partial charge in [0.2, 0.25) is 0 Å². The Labute approximate surface area is 123 Å². The summed E-state index contributed by atoms with van der Waals surface area (Å²) >= 11 is 0. The highest BCUT2D eigenvalue weighted by molar-refractivity contribution is 7.89. The first kappa shape index (κ1) is 15.9. The van der Waals surface area contributed by atoms with Crippen LogP contribution in [-0.2, 0) is 14.8 Å². The molecule has 1 aliphatic heterocycles. The zero-order chi connectivity index (χ0) is 15.5. The van der Waals surface area contributed by atoms with E-state index in [1.54, 1.807) is 0 Å². The molecule has 0 aromatic carbocycles. The number of carboxylic acid groups (broad SMARTS) is 1. The van der Waals surface area contributed by atoms with Gasteiger partial charge >= 0.3 is 5.97 Å². The van der Waals surface area contributed by atoms with Crippen LogP contribution in [0.1, 0.15) is 30.1 Å². The van der Waals surface area contributed by atoms with E-state index in [1.165, 1.54) is 16.4 Å². The van der Waals surface area contributed by atoms with Crippen molar-refractivity contribution in [2.24, 2.45) is 0 Å². The van der Waals surface area contributed by atoms with Gasteiger partial charge in [0.15, 0.2) is 5.03 Å². The monoisotopic (exact) mass is 314 g/mol. The standard InChI is InChI=1S/C13H18N2O5S/c1-2-20-11-4-3-7-15(9-11)21(18,19)12-6-5-10(8-14-12)13(16)17/h5-6,8,11H,2-4,7,9H2,1H3,(H,16,17). The molecule has 1 unspecified atom stereocenters. The third kappa shape index (κ3) is 3.58. The number of hydrogen-bond acceptors (Lipinski definition) is 5. The van der Waals surface area contributed by atoms with E-state index in [4.69, 9.17) is 9.84 Å². The SMILES string of the molecule is CCOC1CCCN(S(=O)(=O)c2ccc(C(=O)O)cn2)C1. The van der Waals surface area contributed by atoms with Crippen molar-refractivity contribution in [1.29, 1.82) is 0 Å². The fourth-order valence-electron chi connectivity index (χ4n) is 2.29. The van der Waals surface area contributed by atoms with Crippen molar-refractivity contribution < 1.29 is 23.1 Å². The van der Waals surface area contributed by atoms with E-state index >= 15 is 0 Å². The number of aromatic nitrogens is 1. The van der Waals surface area contributed by atoms with Crippen LogP contribution in [-0.4, -0.2) is 54.6 Å². The van der Waals surface area contributed by atoms with Gasteiger partial charge in [0, 0.05) is 25.9 Å². The zero-order valence-corrected chi connectivity index (χ0v) is 12.5. The second-order valence-electron chi connectivity index (χ2n) is 4.77. The lowest BCUT2D eigenvalue weighted by Gasteiger charge is -2.31. The Kier molecular flexibility index (Phi) is 4.92. The minimum absolute atomic E-state index is 0.0419. The average Bonchev–Trinajstić information content (AvgIpc) is 2.48. The largest absolute Gasteiger partial charge is 0.478 e. The highest BCUT2D eigenvalue weighted by Crippen LogP contribution is 2.21. The van der Waals surface area contributed by atoms with E-state index in [-0.39, 0.29) is 16.7 Å². The summed E-state index contributed by atoms with van der Waals surface area (Å²) in [5, 5.41) is 8.67. The first-order valence-corrected chi connectivity index (χ1v) is 8.20. The molecule has 7 nitrogen and oxygen atoms in total. The molecule has 1 aromatic heterocycles. The number of piperidine rings is 1. The number of carboxylic acids is 1. The molecule has 0 spiro atoms. The van der Waals surface area contributed by atoms with Crippen molar-refractivity contribution in [2.45, 2.75) is 30.9 Å². The molecule has 0 aliphatic carbocycles. The minimum Gasteiger partial charge on any atom is -0.478 e. The van der Waals surface area contributed by atoms with E-state index in [0.29, 0.717) is 19.7 Å². The van der Waals surface area contributed by atoms with Crippen LogP contribution in [0.15, 0.2) is 23.4 Å². The molecule has 2 rings (SSSR count). The molecule has 1 fully saturated rings. The lowest BCUT2D eigenvalue weighted by molar-refractivity contribution is 0.0264. The molecular formula is C13H18N2O5S. The smallest absolute Gasteiger partial charge is 0.337 e. The van der Waals surface area contributed by atoms with Crippen LogP contribution >= 0.6 is 0 Å². The van der Waals surface area contributed by atoms with Crippen LogP contribution in [0.4, 0.5) is 0 Å². The Morgan fingerprint density at radius 3 is 2.86 bits per heavy atom. The first-order valence-electron chi connectivity index (χ1n) is 6.76.